The molecule has 0 spiro atoms. The largest absolute Gasteiger partial charge is 0.444 e. The number of aromatic amines is 1. The summed E-state index contributed by atoms with van der Waals surface area (Å²) in [5.41, 5.74) is -0.252. The molecule has 1 N–H and O–H groups in total. The minimum atomic E-state index is -0.534. The molecule has 0 aromatic carbocycles. The molecule has 122 valence electrons. The number of ether oxygens (including phenoxy) is 1. The van der Waals surface area contributed by atoms with Gasteiger partial charge in [-0.2, -0.15) is 15.4 Å². The molecule has 2 amide bonds. The Hall–Kier alpha value is -2.12. The smallest absolute Gasteiger partial charge is 0.410 e. The summed E-state index contributed by atoms with van der Waals surface area (Å²) >= 11 is 0. The van der Waals surface area contributed by atoms with Crippen LogP contribution in [-0.2, 0) is 4.74 Å². The Balaban J connectivity index is 2.05. The van der Waals surface area contributed by atoms with Crippen molar-refractivity contribution in [3.05, 3.63) is 11.9 Å². The molecule has 1 aliphatic heterocycles. The van der Waals surface area contributed by atoms with Crippen LogP contribution in [0.3, 0.4) is 0 Å². The van der Waals surface area contributed by atoms with Crippen LogP contribution < -0.4 is 0 Å². The highest BCUT2D eigenvalue weighted by molar-refractivity contribution is 5.92. The van der Waals surface area contributed by atoms with Crippen molar-refractivity contribution in [2.45, 2.75) is 52.3 Å². The number of amides is 2. The molecule has 22 heavy (non-hydrogen) atoms. The lowest BCUT2D eigenvalue weighted by molar-refractivity contribution is -0.00800. The van der Waals surface area contributed by atoms with Gasteiger partial charge in [0, 0.05) is 25.2 Å². The first-order valence-electron chi connectivity index (χ1n) is 7.35. The van der Waals surface area contributed by atoms with E-state index in [9.17, 15) is 9.59 Å². The normalized spacial score (nSPS) is 22.6. The van der Waals surface area contributed by atoms with Crippen LogP contribution in [0, 0.1) is 0 Å². The van der Waals surface area contributed by atoms with E-state index in [1.165, 1.54) is 6.20 Å². The number of H-pyrrole nitrogens is 1. The van der Waals surface area contributed by atoms with Crippen LogP contribution in [0.1, 0.15) is 45.1 Å². The number of hydrogen-bond donors (Lipinski definition) is 1. The van der Waals surface area contributed by atoms with Crippen molar-refractivity contribution in [2.75, 3.05) is 13.1 Å². The van der Waals surface area contributed by atoms with E-state index in [-0.39, 0.29) is 29.8 Å². The Morgan fingerprint density at radius 2 is 1.82 bits per heavy atom. The number of carbonyl (C=O) groups excluding carboxylic acids is 2. The highest BCUT2D eigenvalue weighted by atomic mass is 16.6. The molecule has 0 unspecified atom stereocenters. The summed E-state index contributed by atoms with van der Waals surface area (Å²) < 4.78 is 5.42. The second-order valence-electron chi connectivity index (χ2n) is 6.64. The fourth-order valence-electron chi connectivity index (χ4n) is 2.44. The van der Waals surface area contributed by atoms with Crippen molar-refractivity contribution >= 4 is 12.0 Å². The van der Waals surface area contributed by atoms with Crippen molar-refractivity contribution < 1.29 is 14.3 Å². The Labute approximate surface area is 129 Å². The highest BCUT2D eigenvalue weighted by Gasteiger charge is 2.37. The molecule has 8 nitrogen and oxygen atoms in total. The molecule has 0 aliphatic carbocycles. The number of aromatic nitrogens is 3. The molecule has 1 aliphatic rings. The van der Waals surface area contributed by atoms with Gasteiger partial charge in [-0.15, -0.1) is 0 Å². The molecule has 2 rings (SSSR count). The van der Waals surface area contributed by atoms with E-state index >= 15 is 0 Å². The van der Waals surface area contributed by atoms with Gasteiger partial charge in [0.15, 0.2) is 5.69 Å². The van der Waals surface area contributed by atoms with E-state index in [2.05, 4.69) is 15.4 Å². The Morgan fingerprint density at radius 1 is 1.23 bits per heavy atom. The third kappa shape index (κ3) is 3.55. The van der Waals surface area contributed by atoms with Gasteiger partial charge in [0.05, 0.1) is 6.20 Å². The first kappa shape index (κ1) is 16.3. The lowest BCUT2D eigenvalue weighted by Gasteiger charge is -2.43. The van der Waals surface area contributed by atoms with Crippen LogP contribution in [0.4, 0.5) is 4.79 Å². The summed E-state index contributed by atoms with van der Waals surface area (Å²) in [6.07, 6.45) is 1.06. The fourth-order valence-corrected chi connectivity index (χ4v) is 2.44. The standard InChI is InChI=1S/C14H23N5O3/c1-9-8-19(13(21)22-14(3,4)5)10(2)7-18(9)12(20)11-6-15-17-16-11/h6,9-10H,7-8H2,1-5H3,(H,15,16,17)/t9-,10+/m0/s1. The Kier molecular flexibility index (Phi) is 4.39. The number of carbonyl (C=O) groups is 2. The predicted molar refractivity (Wildman–Crippen MR) is 79.3 cm³/mol. The first-order chi connectivity index (χ1) is 10.2. The molecule has 1 fully saturated rings. The second kappa shape index (κ2) is 5.94. The van der Waals surface area contributed by atoms with Gasteiger partial charge in [0.25, 0.3) is 5.91 Å². The summed E-state index contributed by atoms with van der Waals surface area (Å²) in [5, 5.41) is 9.91. The van der Waals surface area contributed by atoms with Crippen molar-refractivity contribution in [2.24, 2.45) is 0 Å². The average molecular weight is 309 g/mol. The van der Waals surface area contributed by atoms with Gasteiger partial charge in [-0.3, -0.25) is 4.79 Å². The summed E-state index contributed by atoms with van der Waals surface area (Å²) in [4.78, 5) is 28.0. The van der Waals surface area contributed by atoms with E-state index in [1.54, 1.807) is 9.80 Å². The van der Waals surface area contributed by atoms with E-state index in [4.69, 9.17) is 4.74 Å². The van der Waals surface area contributed by atoms with Gasteiger partial charge < -0.3 is 14.5 Å². The molecule has 2 heterocycles. The minimum Gasteiger partial charge on any atom is -0.444 e. The van der Waals surface area contributed by atoms with Crippen molar-refractivity contribution in [3.63, 3.8) is 0 Å². The molecule has 0 radical (unpaired) electrons. The minimum absolute atomic E-state index is 0.118. The first-order valence-corrected chi connectivity index (χ1v) is 7.35. The van der Waals surface area contributed by atoms with Gasteiger partial charge in [-0.05, 0) is 34.6 Å². The third-order valence-corrected chi connectivity index (χ3v) is 3.51. The lowest BCUT2D eigenvalue weighted by Crippen LogP contribution is -2.60. The number of rotatable bonds is 1. The molecule has 8 heteroatoms. The van der Waals surface area contributed by atoms with Gasteiger partial charge in [0.1, 0.15) is 5.60 Å². The number of nitrogens with zero attached hydrogens (tertiary/aromatic N) is 4. The van der Waals surface area contributed by atoms with Crippen molar-refractivity contribution in [1.29, 1.82) is 0 Å². The zero-order chi connectivity index (χ0) is 16.5. The van der Waals surface area contributed by atoms with Gasteiger partial charge in [-0.1, -0.05) is 0 Å². The third-order valence-electron chi connectivity index (χ3n) is 3.51. The quantitative estimate of drug-likeness (QED) is 0.843. The van der Waals surface area contributed by atoms with Crippen LogP contribution in [0.25, 0.3) is 0 Å². The molecule has 2 atom stereocenters. The van der Waals surface area contributed by atoms with E-state index in [0.29, 0.717) is 13.1 Å². The summed E-state index contributed by atoms with van der Waals surface area (Å²) in [6, 6.07) is -0.241. The van der Waals surface area contributed by atoms with Crippen LogP contribution in [0.15, 0.2) is 6.20 Å². The van der Waals surface area contributed by atoms with E-state index in [1.807, 2.05) is 34.6 Å². The fraction of sp³-hybridized carbons (Fsp3) is 0.714. The topological polar surface area (TPSA) is 91.4 Å². The average Bonchev–Trinajstić information content (AvgIpc) is 2.92. The summed E-state index contributed by atoms with van der Waals surface area (Å²) in [6.45, 7) is 10.2. The predicted octanol–water partition coefficient (Wildman–Crippen LogP) is 1.27. The number of nitrogens with one attached hydrogen (secondary N) is 1. The SMILES string of the molecule is C[C@@H]1CN(C(=O)c2cn[nH]n2)[C@@H](C)CN1C(=O)OC(C)(C)C. The maximum Gasteiger partial charge on any atom is 0.410 e. The van der Waals surface area contributed by atoms with Crippen LogP contribution >= 0.6 is 0 Å². The molecule has 0 bridgehead atoms. The summed E-state index contributed by atoms with van der Waals surface area (Å²) in [7, 11) is 0. The van der Waals surface area contributed by atoms with Gasteiger partial charge >= 0.3 is 6.09 Å². The molecule has 1 saturated heterocycles. The zero-order valence-electron chi connectivity index (χ0n) is 13.7. The Morgan fingerprint density at radius 3 is 2.36 bits per heavy atom. The summed E-state index contributed by atoms with van der Waals surface area (Å²) in [5.74, 6) is -0.183. The maximum absolute atomic E-state index is 12.4. The Bertz CT molecular complexity index is 537. The lowest BCUT2D eigenvalue weighted by atomic mass is 10.1. The van der Waals surface area contributed by atoms with Gasteiger partial charge in [-0.25, -0.2) is 4.79 Å². The van der Waals surface area contributed by atoms with E-state index < -0.39 is 5.60 Å². The highest BCUT2D eigenvalue weighted by Crippen LogP contribution is 2.20. The van der Waals surface area contributed by atoms with Crippen LogP contribution in [0.5, 0.6) is 0 Å². The van der Waals surface area contributed by atoms with Crippen LogP contribution in [-0.4, -0.2) is 68.0 Å². The van der Waals surface area contributed by atoms with Crippen LogP contribution in [0.2, 0.25) is 0 Å². The van der Waals surface area contributed by atoms with E-state index in [0.717, 1.165) is 0 Å². The molecule has 1 aromatic rings. The molecular formula is C14H23N5O3. The second-order valence-corrected chi connectivity index (χ2v) is 6.64. The zero-order valence-corrected chi connectivity index (χ0v) is 13.7. The number of piperazine rings is 1. The van der Waals surface area contributed by atoms with Crippen molar-refractivity contribution in [1.82, 2.24) is 25.2 Å². The maximum atomic E-state index is 12.4. The molecular weight excluding hydrogens is 286 g/mol. The van der Waals surface area contributed by atoms with Gasteiger partial charge in [0.2, 0.25) is 0 Å². The monoisotopic (exact) mass is 309 g/mol. The molecule has 1 aromatic heterocycles. The van der Waals surface area contributed by atoms with Crippen molar-refractivity contribution in [3.8, 4) is 0 Å². The molecule has 0 saturated carbocycles. The number of hydrogen-bond acceptors (Lipinski definition) is 5.